The van der Waals surface area contributed by atoms with Gasteiger partial charge in [-0.25, -0.2) is 13.2 Å². The lowest BCUT2D eigenvalue weighted by Gasteiger charge is -2.08. The van der Waals surface area contributed by atoms with Crippen LogP contribution < -0.4 is 4.74 Å². The number of rotatable bonds is 3. The Bertz CT molecular complexity index is 567. The van der Waals surface area contributed by atoms with Gasteiger partial charge in [-0.2, -0.15) is 0 Å². The molecular formula is C14H11F3O. The Balaban J connectivity index is 2.11. The number of hydrogen-bond donors (Lipinski definition) is 0. The molecule has 94 valence electrons. The summed E-state index contributed by atoms with van der Waals surface area (Å²) in [5.41, 5.74) is 0.910. The van der Waals surface area contributed by atoms with Gasteiger partial charge in [-0.05, 0) is 36.2 Å². The summed E-state index contributed by atoms with van der Waals surface area (Å²) in [7, 11) is 0. The molecule has 0 N–H and O–H groups in total. The minimum absolute atomic E-state index is 0.0163. The average Bonchev–Trinajstić information content (AvgIpc) is 2.35. The van der Waals surface area contributed by atoms with Crippen molar-refractivity contribution in [2.75, 3.05) is 0 Å². The molecule has 0 unspecified atom stereocenters. The summed E-state index contributed by atoms with van der Waals surface area (Å²) in [5, 5.41) is 0. The van der Waals surface area contributed by atoms with Crippen molar-refractivity contribution in [3.8, 4) is 5.75 Å². The zero-order valence-corrected chi connectivity index (χ0v) is 9.71. The summed E-state index contributed by atoms with van der Waals surface area (Å²) in [4.78, 5) is 0. The van der Waals surface area contributed by atoms with Gasteiger partial charge in [0.1, 0.15) is 6.61 Å². The lowest BCUT2D eigenvalue weighted by molar-refractivity contribution is 0.288. The highest BCUT2D eigenvalue weighted by molar-refractivity contribution is 5.30. The SMILES string of the molecule is Cc1cccc(OCc2ccc(F)c(F)c2)c1F. The van der Waals surface area contributed by atoms with E-state index in [1.165, 1.54) is 12.1 Å². The maximum Gasteiger partial charge on any atom is 0.167 e. The van der Waals surface area contributed by atoms with Crippen molar-refractivity contribution >= 4 is 0 Å². The first-order chi connectivity index (χ1) is 8.58. The summed E-state index contributed by atoms with van der Waals surface area (Å²) in [5.74, 6) is -2.21. The van der Waals surface area contributed by atoms with E-state index in [1.807, 2.05) is 0 Å². The quantitative estimate of drug-likeness (QED) is 0.802. The third-order valence-corrected chi connectivity index (χ3v) is 2.53. The Hall–Kier alpha value is -1.97. The van der Waals surface area contributed by atoms with Gasteiger partial charge in [0.15, 0.2) is 23.2 Å². The third kappa shape index (κ3) is 2.64. The summed E-state index contributed by atoms with van der Waals surface area (Å²) in [6, 6.07) is 8.22. The minimum Gasteiger partial charge on any atom is -0.486 e. The fourth-order valence-corrected chi connectivity index (χ4v) is 1.52. The Kier molecular flexibility index (Phi) is 3.55. The van der Waals surface area contributed by atoms with Crippen molar-refractivity contribution in [1.82, 2.24) is 0 Å². The number of ether oxygens (including phenoxy) is 1. The summed E-state index contributed by atoms with van der Waals surface area (Å²) >= 11 is 0. The Morgan fingerprint density at radius 3 is 2.50 bits per heavy atom. The minimum atomic E-state index is -0.944. The van der Waals surface area contributed by atoms with Gasteiger partial charge in [-0.15, -0.1) is 0 Å². The Morgan fingerprint density at radius 1 is 1.00 bits per heavy atom. The molecule has 2 aromatic carbocycles. The van der Waals surface area contributed by atoms with Gasteiger partial charge < -0.3 is 4.74 Å². The molecule has 2 aromatic rings. The molecule has 0 saturated heterocycles. The second-order valence-corrected chi connectivity index (χ2v) is 3.92. The van der Waals surface area contributed by atoms with E-state index >= 15 is 0 Å². The topological polar surface area (TPSA) is 9.23 Å². The molecule has 0 aliphatic rings. The molecule has 0 bridgehead atoms. The highest BCUT2D eigenvalue weighted by atomic mass is 19.2. The molecule has 0 amide bonds. The summed E-state index contributed by atoms with van der Waals surface area (Å²) in [6.07, 6.45) is 0. The molecule has 0 aliphatic carbocycles. The van der Waals surface area contributed by atoms with E-state index in [1.54, 1.807) is 19.1 Å². The molecule has 1 nitrogen and oxygen atoms in total. The molecule has 0 saturated carbocycles. The second-order valence-electron chi connectivity index (χ2n) is 3.92. The predicted octanol–water partition coefficient (Wildman–Crippen LogP) is 3.99. The van der Waals surface area contributed by atoms with Crippen LogP contribution in [0.15, 0.2) is 36.4 Å². The van der Waals surface area contributed by atoms with Crippen molar-refractivity contribution in [3.05, 3.63) is 65.0 Å². The maximum absolute atomic E-state index is 13.6. The molecule has 2 rings (SSSR count). The molecule has 0 radical (unpaired) electrons. The van der Waals surface area contributed by atoms with Gasteiger partial charge >= 0.3 is 0 Å². The first kappa shape index (κ1) is 12.5. The van der Waals surface area contributed by atoms with Crippen molar-refractivity contribution in [1.29, 1.82) is 0 Å². The van der Waals surface area contributed by atoms with Gasteiger partial charge in [0, 0.05) is 0 Å². The standard InChI is InChI=1S/C14H11F3O/c1-9-3-2-4-13(14(9)17)18-8-10-5-6-11(15)12(16)7-10/h2-7H,8H2,1H3. The zero-order valence-electron chi connectivity index (χ0n) is 9.71. The zero-order chi connectivity index (χ0) is 13.1. The predicted molar refractivity (Wildman–Crippen MR) is 61.8 cm³/mol. The number of benzene rings is 2. The molecule has 0 atom stereocenters. The van der Waals surface area contributed by atoms with Crippen molar-refractivity contribution in [3.63, 3.8) is 0 Å². The van der Waals surface area contributed by atoms with E-state index in [2.05, 4.69) is 0 Å². The number of halogens is 3. The molecule has 0 aromatic heterocycles. The number of hydrogen-bond acceptors (Lipinski definition) is 1. The van der Waals surface area contributed by atoms with Gasteiger partial charge in [0.2, 0.25) is 0 Å². The van der Waals surface area contributed by atoms with Crippen LogP contribution in [0.3, 0.4) is 0 Å². The van der Waals surface area contributed by atoms with Crippen LogP contribution in [-0.2, 0) is 6.61 Å². The molecule has 0 aliphatic heterocycles. The number of aryl methyl sites for hydroxylation is 1. The monoisotopic (exact) mass is 252 g/mol. The summed E-state index contributed by atoms with van der Waals surface area (Å²) in [6.45, 7) is 1.61. The van der Waals surface area contributed by atoms with E-state index in [4.69, 9.17) is 4.74 Å². The Labute approximate surface area is 103 Å². The van der Waals surface area contributed by atoms with Crippen molar-refractivity contribution in [2.45, 2.75) is 13.5 Å². The van der Waals surface area contributed by atoms with Crippen molar-refractivity contribution < 1.29 is 17.9 Å². The molecule has 4 heteroatoms. The first-order valence-corrected chi connectivity index (χ1v) is 5.40. The molecule has 18 heavy (non-hydrogen) atoms. The van der Waals surface area contributed by atoms with Gasteiger partial charge in [-0.3, -0.25) is 0 Å². The van der Waals surface area contributed by atoms with Crippen LogP contribution in [0.4, 0.5) is 13.2 Å². The average molecular weight is 252 g/mol. The van der Waals surface area contributed by atoms with Crippen LogP contribution in [0.2, 0.25) is 0 Å². The first-order valence-electron chi connectivity index (χ1n) is 5.40. The smallest absolute Gasteiger partial charge is 0.167 e. The van der Waals surface area contributed by atoms with E-state index in [0.717, 1.165) is 12.1 Å². The largest absolute Gasteiger partial charge is 0.486 e. The van der Waals surface area contributed by atoms with E-state index < -0.39 is 17.5 Å². The second kappa shape index (κ2) is 5.12. The van der Waals surface area contributed by atoms with Crippen LogP contribution >= 0.6 is 0 Å². The van der Waals surface area contributed by atoms with Crippen LogP contribution in [0.5, 0.6) is 5.75 Å². The van der Waals surface area contributed by atoms with Crippen LogP contribution in [0, 0.1) is 24.4 Å². The fraction of sp³-hybridized carbons (Fsp3) is 0.143. The van der Waals surface area contributed by atoms with Gasteiger partial charge in [0.25, 0.3) is 0 Å². The molecule has 0 spiro atoms. The maximum atomic E-state index is 13.6. The van der Waals surface area contributed by atoms with Gasteiger partial charge in [0.05, 0.1) is 0 Å². The molecular weight excluding hydrogens is 241 g/mol. The summed E-state index contributed by atoms with van der Waals surface area (Å²) < 4.78 is 44.5. The fourth-order valence-electron chi connectivity index (χ4n) is 1.52. The van der Waals surface area contributed by atoms with Gasteiger partial charge in [-0.1, -0.05) is 18.2 Å². The van der Waals surface area contributed by atoms with Crippen molar-refractivity contribution in [2.24, 2.45) is 0 Å². The van der Waals surface area contributed by atoms with E-state index in [9.17, 15) is 13.2 Å². The lowest BCUT2D eigenvalue weighted by atomic mass is 10.2. The molecule has 0 heterocycles. The Morgan fingerprint density at radius 2 is 1.78 bits per heavy atom. The third-order valence-electron chi connectivity index (χ3n) is 2.53. The van der Waals surface area contributed by atoms with Crippen LogP contribution in [0.1, 0.15) is 11.1 Å². The highest BCUT2D eigenvalue weighted by Gasteiger charge is 2.07. The van der Waals surface area contributed by atoms with Crippen LogP contribution in [0.25, 0.3) is 0 Å². The van der Waals surface area contributed by atoms with E-state index in [-0.39, 0.29) is 12.4 Å². The van der Waals surface area contributed by atoms with Crippen LogP contribution in [-0.4, -0.2) is 0 Å². The highest BCUT2D eigenvalue weighted by Crippen LogP contribution is 2.21. The lowest BCUT2D eigenvalue weighted by Crippen LogP contribution is -1.99. The molecule has 0 fully saturated rings. The normalized spacial score (nSPS) is 10.4. The van der Waals surface area contributed by atoms with E-state index in [0.29, 0.717) is 11.1 Å².